The van der Waals surface area contributed by atoms with Gasteiger partial charge in [-0.2, -0.15) is 0 Å². The van der Waals surface area contributed by atoms with Gasteiger partial charge < -0.3 is 11.1 Å². The normalized spacial score (nSPS) is 11.1. The van der Waals surface area contributed by atoms with Crippen molar-refractivity contribution in [2.24, 2.45) is 5.73 Å². The highest BCUT2D eigenvalue weighted by Crippen LogP contribution is 2.10. The molecule has 8 heteroatoms. The lowest BCUT2D eigenvalue weighted by Gasteiger charge is -2.07. The number of sulfonamides is 1. The number of hydrogen-bond acceptors (Lipinski definition) is 4. The van der Waals surface area contributed by atoms with Gasteiger partial charge in [-0.15, -0.1) is 0 Å². The minimum atomic E-state index is -3.62. The van der Waals surface area contributed by atoms with Crippen LogP contribution in [-0.2, 0) is 14.8 Å². The van der Waals surface area contributed by atoms with Crippen LogP contribution < -0.4 is 15.8 Å². The van der Waals surface area contributed by atoms with E-state index in [-0.39, 0.29) is 22.9 Å². The van der Waals surface area contributed by atoms with E-state index < -0.39 is 15.9 Å². The summed E-state index contributed by atoms with van der Waals surface area (Å²) in [5, 5.41) is 2.57. The summed E-state index contributed by atoms with van der Waals surface area (Å²) in [5.74, 6) is -0.771. The number of carbonyl (C=O) groups excluding carboxylic acids is 2. The molecule has 0 aliphatic heterocycles. The molecule has 0 aliphatic carbocycles. The van der Waals surface area contributed by atoms with Gasteiger partial charge in [0, 0.05) is 25.6 Å². The molecule has 4 N–H and O–H groups in total. The number of primary amides is 1. The number of nitrogens with one attached hydrogen (secondary N) is 2. The zero-order chi connectivity index (χ0) is 15.2. The van der Waals surface area contributed by atoms with Gasteiger partial charge in [-0.25, -0.2) is 13.1 Å². The highest BCUT2D eigenvalue weighted by molar-refractivity contribution is 7.89. The Hall–Kier alpha value is -1.93. The molecule has 0 aliphatic rings. The fourth-order valence-electron chi connectivity index (χ4n) is 1.44. The van der Waals surface area contributed by atoms with Crippen LogP contribution in [0.1, 0.15) is 23.7 Å². The molecule has 20 heavy (non-hydrogen) atoms. The predicted molar refractivity (Wildman–Crippen MR) is 73.4 cm³/mol. The van der Waals surface area contributed by atoms with Crippen molar-refractivity contribution < 1.29 is 18.0 Å². The Balaban J connectivity index is 2.56. The molecule has 0 aromatic heterocycles. The maximum absolute atomic E-state index is 11.9. The maximum Gasteiger partial charge on any atom is 0.248 e. The van der Waals surface area contributed by atoms with Crippen molar-refractivity contribution >= 4 is 21.8 Å². The third-order valence-electron chi connectivity index (χ3n) is 2.47. The van der Waals surface area contributed by atoms with Crippen LogP contribution in [0.3, 0.4) is 0 Å². The van der Waals surface area contributed by atoms with E-state index >= 15 is 0 Å². The van der Waals surface area contributed by atoms with E-state index in [0.717, 1.165) is 0 Å². The average molecular weight is 299 g/mol. The largest absolute Gasteiger partial charge is 0.366 e. The molecular formula is C12H17N3O4S. The summed E-state index contributed by atoms with van der Waals surface area (Å²) >= 11 is 0. The van der Waals surface area contributed by atoms with Gasteiger partial charge in [0.05, 0.1) is 4.90 Å². The lowest BCUT2D eigenvalue weighted by molar-refractivity contribution is -0.118. The van der Waals surface area contributed by atoms with Crippen molar-refractivity contribution in [1.29, 1.82) is 0 Å². The van der Waals surface area contributed by atoms with Crippen LogP contribution in [0.4, 0.5) is 0 Å². The number of amides is 2. The fourth-order valence-corrected chi connectivity index (χ4v) is 2.52. The zero-order valence-corrected chi connectivity index (χ0v) is 11.9. The van der Waals surface area contributed by atoms with E-state index in [1.807, 2.05) is 0 Å². The van der Waals surface area contributed by atoms with E-state index in [1.165, 1.54) is 31.2 Å². The first-order valence-corrected chi connectivity index (χ1v) is 7.45. The van der Waals surface area contributed by atoms with E-state index in [2.05, 4.69) is 10.0 Å². The lowest BCUT2D eigenvalue weighted by Crippen LogP contribution is -2.29. The number of hydrogen-bond donors (Lipinski definition) is 3. The highest BCUT2D eigenvalue weighted by atomic mass is 32.2. The summed E-state index contributed by atoms with van der Waals surface area (Å²) in [6.07, 6.45) is 0.484. The molecule has 0 saturated carbocycles. The first kappa shape index (κ1) is 16.1. The number of rotatable bonds is 7. The zero-order valence-electron chi connectivity index (χ0n) is 11.0. The molecule has 1 aromatic rings. The van der Waals surface area contributed by atoms with Crippen molar-refractivity contribution in [2.45, 2.75) is 18.2 Å². The molecule has 110 valence electrons. The first-order valence-electron chi connectivity index (χ1n) is 5.97. The van der Waals surface area contributed by atoms with E-state index in [9.17, 15) is 18.0 Å². The minimum Gasteiger partial charge on any atom is -0.366 e. The van der Waals surface area contributed by atoms with Crippen LogP contribution in [0.5, 0.6) is 0 Å². The van der Waals surface area contributed by atoms with Gasteiger partial charge >= 0.3 is 0 Å². The third-order valence-corrected chi connectivity index (χ3v) is 3.95. The second-order valence-electron chi connectivity index (χ2n) is 4.12. The fraction of sp³-hybridized carbons (Fsp3) is 0.333. The molecule has 2 amide bonds. The molecule has 0 saturated heterocycles. The maximum atomic E-state index is 11.9. The van der Waals surface area contributed by atoms with Crippen molar-refractivity contribution in [2.75, 3.05) is 13.1 Å². The molecular weight excluding hydrogens is 282 g/mol. The number of benzene rings is 1. The van der Waals surface area contributed by atoms with Crippen molar-refractivity contribution in [3.05, 3.63) is 29.8 Å². The number of nitrogens with two attached hydrogens (primary N) is 1. The number of carbonyl (C=O) groups is 2. The van der Waals surface area contributed by atoms with Gasteiger partial charge in [-0.3, -0.25) is 9.59 Å². The van der Waals surface area contributed by atoms with Crippen LogP contribution in [0.2, 0.25) is 0 Å². The average Bonchev–Trinajstić information content (AvgIpc) is 2.38. The molecule has 1 aromatic carbocycles. The third kappa shape index (κ3) is 4.98. The molecule has 0 heterocycles. The standard InChI is InChI=1S/C12H17N3O4S/c1-9(16)14-7-2-8-15-20(18,19)11-5-3-10(4-6-11)12(13)17/h3-6,15H,2,7-8H2,1H3,(H2,13,17)(H,14,16). The minimum absolute atomic E-state index is 0.0574. The molecule has 0 bridgehead atoms. The van der Waals surface area contributed by atoms with Crippen LogP contribution in [0.15, 0.2) is 29.2 Å². The smallest absolute Gasteiger partial charge is 0.248 e. The molecule has 0 unspecified atom stereocenters. The Morgan fingerprint density at radius 1 is 1.15 bits per heavy atom. The van der Waals surface area contributed by atoms with Gasteiger partial charge in [0.2, 0.25) is 21.8 Å². The second-order valence-corrected chi connectivity index (χ2v) is 5.89. The Labute approximate surface area is 117 Å². The van der Waals surface area contributed by atoms with Crippen LogP contribution in [-0.4, -0.2) is 33.3 Å². The van der Waals surface area contributed by atoms with Crippen LogP contribution in [0, 0.1) is 0 Å². The summed E-state index contributed by atoms with van der Waals surface area (Å²) in [5.41, 5.74) is 5.32. The topological polar surface area (TPSA) is 118 Å². The Bertz CT molecular complexity index is 581. The van der Waals surface area contributed by atoms with E-state index in [0.29, 0.717) is 13.0 Å². The molecule has 0 fully saturated rings. The monoisotopic (exact) mass is 299 g/mol. The van der Waals surface area contributed by atoms with Crippen molar-refractivity contribution in [3.63, 3.8) is 0 Å². The highest BCUT2D eigenvalue weighted by Gasteiger charge is 2.13. The predicted octanol–water partition coefficient (Wildman–Crippen LogP) is -0.410. The molecule has 0 atom stereocenters. The van der Waals surface area contributed by atoms with E-state index in [1.54, 1.807) is 0 Å². The summed E-state index contributed by atoms with van der Waals surface area (Å²) < 4.78 is 26.2. The SMILES string of the molecule is CC(=O)NCCCNS(=O)(=O)c1ccc(C(N)=O)cc1. The van der Waals surface area contributed by atoms with Crippen LogP contribution in [0.25, 0.3) is 0 Å². The van der Waals surface area contributed by atoms with E-state index in [4.69, 9.17) is 5.73 Å². The molecule has 1 rings (SSSR count). The Morgan fingerprint density at radius 3 is 2.25 bits per heavy atom. The first-order chi connectivity index (χ1) is 9.33. The van der Waals surface area contributed by atoms with Gasteiger partial charge in [-0.05, 0) is 30.7 Å². The molecule has 0 spiro atoms. The van der Waals surface area contributed by atoms with Gasteiger partial charge in [0.25, 0.3) is 0 Å². The van der Waals surface area contributed by atoms with Gasteiger partial charge in [-0.1, -0.05) is 0 Å². The molecule has 0 radical (unpaired) electrons. The van der Waals surface area contributed by atoms with Crippen molar-refractivity contribution in [1.82, 2.24) is 10.0 Å². The lowest BCUT2D eigenvalue weighted by atomic mass is 10.2. The summed E-state index contributed by atoms with van der Waals surface area (Å²) in [7, 11) is -3.62. The quantitative estimate of drug-likeness (QED) is 0.593. The summed E-state index contributed by atoms with van der Waals surface area (Å²) in [6.45, 7) is 2.00. The Morgan fingerprint density at radius 2 is 1.75 bits per heavy atom. The van der Waals surface area contributed by atoms with Crippen LogP contribution >= 0.6 is 0 Å². The second kappa shape index (κ2) is 7.01. The summed E-state index contributed by atoms with van der Waals surface area (Å²) in [6, 6.07) is 5.34. The van der Waals surface area contributed by atoms with Gasteiger partial charge in [0.1, 0.15) is 0 Å². The Kier molecular flexibility index (Phi) is 5.66. The summed E-state index contributed by atoms with van der Waals surface area (Å²) in [4.78, 5) is 21.6. The van der Waals surface area contributed by atoms with Gasteiger partial charge in [0.15, 0.2) is 0 Å². The molecule has 7 nitrogen and oxygen atoms in total. The van der Waals surface area contributed by atoms with Crippen molar-refractivity contribution in [3.8, 4) is 0 Å².